The minimum absolute atomic E-state index is 0.657. The van der Waals surface area contributed by atoms with Crippen LogP contribution in [-0.2, 0) is 0 Å². The minimum Gasteiger partial charge on any atom is -0.312 e. The van der Waals surface area contributed by atoms with Gasteiger partial charge in [-0.05, 0) is 44.6 Å². The molecule has 0 spiro atoms. The summed E-state index contributed by atoms with van der Waals surface area (Å²) in [5, 5.41) is 3.78. The van der Waals surface area contributed by atoms with Crippen molar-refractivity contribution in [1.29, 1.82) is 0 Å². The third kappa shape index (κ3) is 2.36. The molecule has 1 heterocycles. The zero-order valence-corrected chi connectivity index (χ0v) is 10.7. The molecular weight excluding hydrogens is 184 g/mol. The van der Waals surface area contributed by atoms with Crippen LogP contribution < -0.4 is 5.32 Å². The Labute approximate surface area is 94.4 Å². The molecule has 2 nitrogen and oxygen atoms in total. The van der Waals surface area contributed by atoms with Gasteiger partial charge < -0.3 is 10.2 Å². The SMILES string of the molecule is CC1CC(NCC2(C(C)C)CC2)CN1C. The molecule has 0 aromatic carbocycles. The average Bonchev–Trinajstić information content (AvgIpc) is 2.89. The van der Waals surface area contributed by atoms with Crippen LogP contribution in [0.1, 0.15) is 40.0 Å². The van der Waals surface area contributed by atoms with Gasteiger partial charge in [-0.1, -0.05) is 13.8 Å². The van der Waals surface area contributed by atoms with Crippen LogP contribution >= 0.6 is 0 Å². The van der Waals surface area contributed by atoms with E-state index >= 15 is 0 Å². The zero-order valence-electron chi connectivity index (χ0n) is 10.7. The Balaban J connectivity index is 1.75. The number of nitrogens with one attached hydrogen (secondary N) is 1. The second kappa shape index (κ2) is 4.06. The molecule has 2 rings (SSSR count). The number of hydrogen-bond acceptors (Lipinski definition) is 2. The minimum atomic E-state index is 0.657. The molecule has 1 saturated heterocycles. The second-order valence-corrected chi connectivity index (χ2v) is 6.12. The van der Waals surface area contributed by atoms with E-state index in [2.05, 4.69) is 38.0 Å². The van der Waals surface area contributed by atoms with Crippen LogP contribution in [0.4, 0.5) is 0 Å². The quantitative estimate of drug-likeness (QED) is 0.764. The maximum atomic E-state index is 3.78. The van der Waals surface area contributed by atoms with E-state index < -0.39 is 0 Å². The molecular formula is C13H26N2. The fourth-order valence-electron chi connectivity index (χ4n) is 2.81. The molecule has 1 saturated carbocycles. The number of nitrogens with zero attached hydrogens (tertiary/aromatic N) is 1. The van der Waals surface area contributed by atoms with E-state index in [0.717, 1.165) is 18.0 Å². The number of rotatable bonds is 4. The molecule has 88 valence electrons. The van der Waals surface area contributed by atoms with Crippen LogP contribution in [0.3, 0.4) is 0 Å². The Morgan fingerprint density at radius 3 is 2.47 bits per heavy atom. The maximum absolute atomic E-state index is 3.78. The first-order valence-electron chi connectivity index (χ1n) is 6.47. The van der Waals surface area contributed by atoms with Crippen LogP contribution in [0, 0.1) is 11.3 Å². The number of hydrogen-bond donors (Lipinski definition) is 1. The van der Waals surface area contributed by atoms with Crippen LogP contribution in [0.2, 0.25) is 0 Å². The topological polar surface area (TPSA) is 15.3 Å². The Bertz CT molecular complexity index is 211. The molecule has 2 unspecified atom stereocenters. The van der Waals surface area contributed by atoms with E-state index in [4.69, 9.17) is 0 Å². The zero-order chi connectivity index (χ0) is 11.1. The average molecular weight is 210 g/mol. The first kappa shape index (κ1) is 11.4. The molecule has 0 aromatic heterocycles. The van der Waals surface area contributed by atoms with Gasteiger partial charge in [-0.2, -0.15) is 0 Å². The van der Waals surface area contributed by atoms with Gasteiger partial charge in [-0.15, -0.1) is 0 Å². The molecule has 2 atom stereocenters. The Kier molecular flexibility index (Phi) is 3.09. The van der Waals surface area contributed by atoms with Gasteiger partial charge in [0, 0.05) is 25.2 Å². The third-order valence-corrected chi connectivity index (χ3v) is 4.75. The van der Waals surface area contributed by atoms with Crippen LogP contribution in [0.15, 0.2) is 0 Å². The summed E-state index contributed by atoms with van der Waals surface area (Å²) >= 11 is 0. The van der Waals surface area contributed by atoms with E-state index in [-0.39, 0.29) is 0 Å². The largest absolute Gasteiger partial charge is 0.312 e. The second-order valence-electron chi connectivity index (χ2n) is 6.12. The van der Waals surface area contributed by atoms with E-state index in [0.29, 0.717) is 5.41 Å². The van der Waals surface area contributed by atoms with Crippen molar-refractivity contribution in [1.82, 2.24) is 10.2 Å². The number of likely N-dealkylation sites (tertiary alicyclic amines) is 1. The monoisotopic (exact) mass is 210 g/mol. The molecule has 2 aliphatic rings. The smallest absolute Gasteiger partial charge is 0.0210 e. The van der Waals surface area contributed by atoms with Crippen molar-refractivity contribution in [2.45, 2.75) is 52.1 Å². The summed E-state index contributed by atoms with van der Waals surface area (Å²) in [5.41, 5.74) is 0.657. The molecule has 2 fully saturated rings. The maximum Gasteiger partial charge on any atom is 0.0210 e. The Morgan fingerprint density at radius 2 is 2.07 bits per heavy atom. The lowest BCUT2D eigenvalue weighted by Crippen LogP contribution is -2.37. The molecule has 1 aliphatic heterocycles. The normalized spacial score (nSPS) is 35.0. The van der Waals surface area contributed by atoms with Gasteiger partial charge in [-0.3, -0.25) is 0 Å². The highest BCUT2D eigenvalue weighted by Crippen LogP contribution is 2.51. The van der Waals surface area contributed by atoms with Gasteiger partial charge in [0.15, 0.2) is 0 Å². The molecule has 0 bridgehead atoms. The van der Waals surface area contributed by atoms with Crippen molar-refractivity contribution in [2.24, 2.45) is 11.3 Å². The van der Waals surface area contributed by atoms with Crippen molar-refractivity contribution < 1.29 is 0 Å². The van der Waals surface area contributed by atoms with Crippen molar-refractivity contribution in [3.8, 4) is 0 Å². The molecule has 1 N–H and O–H groups in total. The molecule has 0 radical (unpaired) electrons. The van der Waals surface area contributed by atoms with Gasteiger partial charge >= 0.3 is 0 Å². The summed E-state index contributed by atoms with van der Waals surface area (Å²) in [5.74, 6) is 0.849. The fraction of sp³-hybridized carbons (Fsp3) is 1.00. The summed E-state index contributed by atoms with van der Waals surface area (Å²) in [7, 11) is 2.24. The van der Waals surface area contributed by atoms with Gasteiger partial charge in [0.25, 0.3) is 0 Å². The lowest BCUT2D eigenvalue weighted by atomic mass is 9.92. The van der Waals surface area contributed by atoms with E-state index in [1.807, 2.05) is 0 Å². The van der Waals surface area contributed by atoms with E-state index in [9.17, 15) is 0 Å². The Hall–Kier alpha value is -0.0800. The summed E-state index contributed by atoms with van der Waals surface area (Å²) in [4.78, 5) is 2.46. The lowest BCUT2D eigenvalue weighted by molar-refractivity contribution is 0.308. The summed E-state index contributed by atoms with van der Waals surface area (Å²) in [6.45, 7) is 9.55. The van der Waals surface area contributed by atoms with Crippen molar-refractivity contribution >= 4 is 0 Å². The van der Waals surface area contributed by atoms with E-state index in [1.54, 1.807) is 0 Å². The van der Waals surface area contributed by atoms with Crippen LogP contribution in [-0.4, -0.2) is 37.1 Å². The van der Waals surface area contributed by atoms with Crippen molar-refractivity contribution in [2.75, 3.05) is 20.1 Å². The highest BCUT2D eigenvalue weighted by Gasteiger charge is 2.45. The van der Waals surface area contributed by atoms with Crippen LogP contribution in [0.5, 0.6) is 0 Å². The van der Waals surface area contributed by atoms with Crippen molar-refractivity contribution in [3.05, 3.63) is 0 Å². The first-order chi connectivity index (χ1) is 7.03. The highest BCUT2D eigenvalue weighted by atomic mass is 15.2. The summed E-state index contributed by atoms with van der Waals surface area (Å²) < 4.78 is 0. The molecule has 0 aromatic rings. The third-order valence-electron chi connectivity index (χ3n) is 4.75. The van der Waals surface area contributed by atoms with Gasteiger partial charge in [0.1, 0.15) is 0 Å². The molecule has 0 amide bonds. The standard InChI is InChI=1S/C13H26N2/c1-10(2)13(5-6-13)9-14-12-7-11(3)15(4)8-12/h10-12,14H,5-9H2,1-4H3. The number of likely N-dealkylation sites (N-methyl/N-ethyl adjacent to an activating group) is 1. The van der Waals surface area contributed by atoms with Crippen LogP contribution in [0.25, 0.3) is 0 Å². The van der Waals surface area contributed by atoms with Gasteiger partial charge in [0.05, 0.1) is 0 Å². The molecule has 2 heteroatoms. The van der Waals surface area contributed by atoms with Gasteiger partial charge in [-0.25, -0.2) is 0 Å². The molecule has 15 heavy (non-hydrogen) atoms. The summed E-state index contributed by atoms with van der Waals surface area (Å²) in [6.07, 6.45) is 4.20. The predicted molar refractivity (Wildman–Crippen MR) is 65.0 cm³/mol. The fourth-order valence-corrected chi connectivity index (χ4v) is 2.81. The van der Waals surface area contributed by atoms with Gasteiger partial charge in [0.2, 0.25) is 0 Å². The van der Waals surface area contributed by atoms with E-state index in [1.165, 1.54) is 32.4 Å². The predicted octanol–water partition coefficient (Wildman–Crippen LogP) is 2.10. The Morgan fingerprint density at radius 1 is 1.40 bits per heavy atom. The highest BCUT2D eigenvalue weighted by molar-refractivity contribution is 4.98. The summed E-state index contributed by atoms with van der Waals surface area (Å²) in [6, 6.07) is 1.50. The van der Waals surface area contributed by atoms with Crippen molar-refractivity contribution in [3.63, 3.8) is 0 Å². The lowest BCUT2D eigenvalue weighted by Gasteiger charge is -2.22. The first-order valence-corrected chi connectivity index (χ1v) is 6.47. The molecule has 1 aliphatic carbocycles.